The summed E-state index contributed by atoms with van der Waals surface area (Å²) in [6.07, 6.45) is 8.01. The SMILES string of the molecule is CC=CCCCC(C)C(C)(C)N. The van der Waals surface area contributed by atoms with Gasteiger partial charge in [-0.2, -0.15) is 0 Å². The number of unbranched alkanes of at least 4 members (excludes halogenated alkanes) is 1. The van der Waals surface area contributed by atoms with Crippen molar-refractivity contribution in [3.63, 3.8) is 0 Å². The van der Waals surface area contributed by atoms with Crippen LogP contribution in [0.4, 0.5) is 0 Å². The predicted octanol–water partition coefficient (Wildman–Crippen LogP) is 3.11. The summed E-state index contributed by atoms with van der Waals surface area (Å²) in [5.74, 6) is 0.614. The normalized spacial score (nSPS) is 15.4. The van der Waals surface area contributed by atoms with Crippen LogP contribution in [0.2, 0.25) is 0 Å². The van der Waals surface area contributed by atoms with E-state index in [1.807, 2.05) is 0 Å². The van der Waals surface area contributed by atoms with E-state index in [9.17, 15) is 0 Å². The van der Waals surface area contributed by atoms with Crippen molar-refractivity contribution in [1.29, 1.82) is 0 Å². The van der Waals surface area contributed by atoms with Crippen LogP contribution < -0.4 is 5.73 Å². The molecular formula is C11H23N. The van der Waals surface area contributed by atoms with Crippen molar-refractivity contribution < 1.29 is 0 Å². The van der Waals surface area contributed by atoms with Gasteiger partial charge in [-0.3, -0.25) is 0 Å². The number of rotatable bonds is 5. The summed E-state index contributed by atoms with van der Waals surface area (Å²) >= 11 is 0. The van der Waals surface area contributed by atoms with Crippen LogP contribution >= 0.6 is 0 Å². The maximum Gasteiger partial charge on any atom is 0.0123 e. The molecule has 0 aliphatic heterocycles. The highest BCUT2D eigenvalue weighted by Crippen LogP contribution is 2.19. The van der Waals surface area contributed by atoms with Gasteiger partial charge < -0.3 is 5.73 Å². The zero-order valence-corrected chi connectivity index (χ0v) is 8.93. The van der Waals surface area contributed by atoms with Crippen LogP contribution in [0.5, 0.6) is 0 Å². The number of nitrogens with two attached hydrogens (primary N) is 1. The van der Waals surface area contributed by atoms with Gasteiger partial charge in [-0.1, -0.05) is 19.1 Å². The van der Waals surface area contributed by atoms with Crippen molar-refractivity contribution in [3.8, 4) is 0 Å². The van der Waals surface area contributed by atoms with E-state index in [0.717, 1.165) is 0 Å². The third-order valence-electron chi connectivity index (χ3n) is 2.51. The van der Waals surface area contributed by atoms with Gasteiger partial charge in [-0.25, -0.2) is 0 Å². The summed E-state index contributed by atoms with van der Waals surface area (Å²) < 4.78 is 0. The molecule has 0 fully saturated rings. The average molecular weight is 169 g/mol. The van der Waals surface area contributed by atoms with E-state index in [-0.39, 0.29) is 5.54 Å². The maximum absolute atomic E-state index is 5.98. The minimum atomic E-state index is -0.0179. The highest BCUT2D eigenvalue weighted by Gasteiger charge is 2.19. The van der Waals surface area contributed by atoms with Crippen LogP contribution in [0.3, 0.4) is 0 Å². The van der Waals surface area contributed by atoms with Gasteiger partial charge in [-0.05, 0) is 46.0 Å². The molecule has 0 aliphatic carbocycles. The quantitative estimate of drug-likeness (QED) is 0.496. The molecule has 12 heavy (non-hydrogen) atoms. The molecule has 1 nitrogen and oxygen atoms in total. The maximum atomic E-state index is 5.98. The van der Waals surface area contributed by atoms with Crippen molar-refractivity contribution in [2.24, 2.45) is 11.7 Å². The first-order chi connectivity index (χ1) is 5.48. The second-order valence-corrected chi connectivity index (χ2v) is 4.22. The molecule has 0 amide bonds. The standard InChI is InChI=1S/C11H23N/c1-5-6-7-8-9-10(2)11(3,4)12/h5-6,10H,7-9,12H2,1-4H3. The van der Waals surface area contributed by atoms with Gasteiger partial charge in [0, 0.05) is 5.54 Å². The zero-order chi connectivity index (χ0) is 9.61. The van der Waals surface area contributed by atoms with Gasteiger partial charge in [0.2, 0.25) is 0 Å². The summed E-state index contributed by atoms with van der Waals surface area (Å²) in [7, 11) is 0. The topological polar surface area (TPSA) is 26.0 Å². The first-order valence-corrected chi connectivity index (χ1v) is 4.88. The van der Waals surface area contributed by atoms with E-state index in [1.165, 1.54) is 19.3 Å². The lowest BCUT2D eigenvalue weighted by atomic mass is 9.86. The van der Waals surface area contributed by atoms with E-state index < -0.39 is 0 Å². The smallest absolute Gasteiger partial charge is 0.0123 e. The fourth-order valence-corrected chi connectivity index (χ4v) is 1.08. The molecule has 0 heterocycles. The Morgan fingerprint density at radius 1 is 1.42 bits per heavy atom. The molecule has 0 radical (unpaired) electrons. The van der Waals surface area contributed by atoms with Crippen molar-refractivity contribution in [3.05, 3.63) is 12.2 Å². The van der Waals surface area contributed by atoms with E-state index in [4.69, 9.17) is 5.73 Å². The van der Waals surface area contributed by atoms with Gasteiger partial charge in [0.25, 0.3) is 0 Å². The Hall–Kier alpha value is -0.300. The minimum absolute atomic E-state index is 0.0179. The Morgan fingerprint density at radius 2 is 2.00 bits per heavy atom. The molecule has 0 rings (SSSR count). The fourth-order valence-electron chi connectivity index (χ4n) is 1.08. The van der Waals surface area contributed by atoms with E-state index in [1.54, 1.807) is 0 Å². The van der Waals surface area contributed by atoms with Gasteiger partial charge in [-0.15, -0.1) is 0 Å². The summed E-state index contributed by atoms with van der Waals surface area (Å²) in [5.41, 5.74) is 5.96. The number of hydrogen-bond donors (Lipinski definition) is 1. The van der Waals surface area contributed by atoms with Gasteiger partial charge >= 0.3 is 0 Å². The molecule has 0 aliphatic rings. The van der Waals surface area contributed by atoms with Crippen LogP contribution in [0.15, 0.2) is 12.2 Å². The molecule has 0 spiro atoms. The lowest BCUT2D eigenvalue weighted by Gasteiger charge is -2.26. The molecule has 0 bridgehead atoms. The molecule has 0 aromatic carbocycles. The van der Waals surface area contributed by atoms with Gasteiger partial charge in [0.1, 0.15) is 0 Å². The number of hydrogen-bond acceptors (Lipinski definition) is 1. The Morgan fingerprint density at radius 3 is 2.42 bits per heavy atom. The molecule has 0 aromatic heterocycles. The molecule has 0 saturated carbocycles. The third-order valence-corrected chi connectivity index (χ3v) is 2.51. The van der Waals surface area contributed by atoms with Gasteiger partial charge in [0.05, 0.1) is 0 Å². The van der Waals surface area contributed by atoms with Crippen LogP contribution in [0.1, 0.15) is 47.0 Å². The molecule has 0 saturated heterocycles. The van der Waals surface area contributed by atoms with Crippen LogP contribution in [0, 0.1) is 5.92 Å². The van der Waals surface area contributed by atoms with Crippen molar-refractivity contribution in [2.75, 3.05) is 0 Å². The highest BCUT2D eigenvalue weighted by atomic mass is 14.7. The van der Waals surface area contributed by atoms with Crippen LogP contribution in [0.25, 0.3) is 0 Å². The molecular weight excluding hydrogens is 146 g/mol. The molecule has 1 atom stereocenters. The second kappa shape index (κ2) is 5.36. The van der Waals surface area contributed by atoms with E-state index >= 15 is 0 Å². The summed E-state index contributed by atoms with van der Waals surface area (Å²) in [5, 5.41) is 0. The first-order valence-electron chi connectivity index (χ1n) is 4.88. The Kier molecular flexibility index (Phi) is 5.23. The van der Waals surface area contributed by atoms with Crippen molar-refractivity contribution in [1.82, 2.24) is 0 Å². The van der Waals surface area contributed by atoms with Crippen LogP contribution in [-0.2, 0) is 0 Å². The molecule has 72 valence electrons. The lowest BCUT2D eigenvalue weighted by molar-refractivity contribution is 0.321. The van der Waals surface area contributed by atoms with Crippen molar-refractivity contribution in [2.45, 2.75) is 52.5 Å². The second-order valence-electron chi connectivity index (χ2n) is 4.22. The minimum Gasteiger partial charge on any atom is -0.325 e. The lowest BCUT2D eigenvalue weighted by Crippen LogP contribution is -2.39. The monoisotopic (exact) mass is 169 g/mol. The largest absolute Gasteiger partial charge is 0.325 e. The first kappa shape index (κ1) is 11.7. The molecule has 1 unspecified atom stereocenters. The van der Waals surface area contributed by atoms with Gasteiger partial charge in [0.15, 0.2) is 0 Å². The number of allylic oxidation sites excluding steroid dienone is 2. The van der Waals surface area contributed by atoms with Crippen molar-refractivity contribution >= 4 is 0 Å². The Labute approximate surface area is 77.0 Å². The third kappa shape index (κ3) is 5.36. The molecule has 2 N–H and O–H groups in total. The van der Waals surface area contributed by atoms with Crippen LogP contribution in [-0.4, -0.2) is 5.54 Å². The van der Waals surface area contributed by atoms with E-state index in [0.29, 0.717) is 5.92 Å². The summed E-state index contributed by atoms with van der Waals surface area (Å²) in [6.45, 7) is 8.51. The molecule has 0 aromatic rings. The highest BCUT2D eigenvalue weighted by molar-refractivity contribution is 4.81. The summed E-state index contributed by atoms with van der Waals surface area (Å²) in [6, 6.07) is 0. The predicted molar refractivity (Wildman–Crippen MR) is 56.1 cm³/mol. The van der Waals surface area contributed by atoms with E-state index in [2.05, 4.69) is 39.8 Å². The Balaban J connectivity index is 3.51. The Bertz CT molecular complexity index is 130. The fraction of sp³-hybridized carbons (Fsp3) is 0.818. The average Bonchev–Trinajstić information content (AvgIpc) is 1.96. The zero-order valence-electron chi connectivity index (χ0n) is 8.93. The molecule has 1 heteroatoms. The summed E-state index contributed by atoms with van der Waals surface area (Å²) in [4.78, 5) is 0.